The molecule has 0 aliphatic rings. The first-order valence-electron chi connectivity index (χ1n) is 12.0. The molecule has 0 aromatic heterocycles. The Morgan fingerprint density at radius 3 is 2.19 bits per heavy atom. The summed E-state index contributed by atoms with van der Waals surface area (Å²) in [6.45, 7) is 9.22. The lowest BCUT2D eigenvalue weighted by Crippen LogP contribution is -2.24. The maximum Gasteiger partial charge on any atom is 0.309 e. The van der Waals surface area contributed by atoms with Crippen LogP contribution in [0.25, 0.3) is 0 Å². The lowest BCUT2D eigenvalue weighted by molar-refractivity contribution is -0.151. The first kappa shape index (κ1) is 25.9. The first-order valence-corrected chi connectivity index (χ1v) is 12.0. The Labute approximate surface area is 194 Å². The van der Waals surface area contributed by atoms with Crippen molar-refractivity contribution in [1.82, 2.24) is 0 Å². The zero-order valence-electron chi connectivity index (χ0n) is 20.3. The van der Waals surface area contributed by atoms with Gasteiger partial charge < -0.3 is 14.2 Å². The van der Waals surface area contributed by atoms with Crippen LogP contribution in [0.5, 0.6) is 5.75 Å². The van der Waals surface area contributed by atoms with Crippen LogP contribution in [-0.4, -0.2) is 18.2 Å². The van der Waals surface area contributed by atoms with Gasteiger partial charge in [0.1, 0.15) is 12.4 Å². The number of hydrogen-bond donors (Lipinski definition) is 0. The van der Waals surface area contributed by atoms with Crippen molar-refractivity contribution < 1.29 is 19.0 Å². The largest absolute Gasteiger partial charge is 0.494 e. The van der Waals surface area contributed by atoms with E-state index in [1.807, 2.05) is 75.4 Å². The van der Waals surface area contributed by atoms with Crippen LogP contribution >= 0.6 is 0 Å². The maximum atomic E-state index is 12.5. The summed E-state index contributed by atoms with van der Waals surface area (Å²) in [5.41, 5.74) is 1.54. The summed E-state index contributed by atoms with van der Waals surface area (Å²) in [4.78, 5) is 12.5. The summed E-state index contributed by atoms with van der Waals surface area (Å²) in [7, 11) is 0. The molecule has 4 heteroatoms. The van der Waals surface area contributed by atoms with Gasteiger partial charge in [-0.15, -0.1) is 0 Å². The highest BCUT2D eigenvalue weighted by Gasteiger charge is 2.24. The Morgan fingerprint density at radius 1 is 0.875 bits per heavy atom. The molecule has 2 aromatic carbocycles. The fourth-order valence-electron chi connectivity index (χ4n) is 3.45. The van der Waals surface area contributed by atoms with Gasteiger partial charge in [-0.05, 0) is 50.5 Å². The van der Waals surface area contributed by atoms with Gasteiger partial charge in [0.25, 0.3) is 0 Å². The van der Waals surface area contributed by atoms with Gasteiger partial charge in [0.05, 0.1) is 24.7 Å². The zero-order valence-corrected chi connectivity index (χ0v) is 20.3. The Kier molecular flexibility index (Phi) is 11.3. The monoisotopic (exact) mass is 440 g/mol. The SMILES string of the molecule is CCCCCCCCOc1ccc(C(CC(=O)OCc2ccccc2)OC(C)(C)C)cc1. The number of esters is 1. The standard InChI is InChI=1S/C28H40O4/c1-5-6-7-8-9-13-20-30-25-18-16-24(17-19-25)26(32-28(2,3)4)21-27(29)31-22-23-14-11-10-12-15-23/h10-12,14-19,26H,5-9,13,20-22H2,1-4H3. The fourth-order valence-corrected chi connectivity index (χ4v) is 3.45. The van der Waals surface area contributed by atoms with Crippen LogP contribution in [0.2, 0.25) is 0 Å². The summed E-state index contributed by atoms with van der Waals surface area (Å²) < 4.78 is 17.5. The topological polar surface area (TPSA) is 44.8 Å². The molecule has 0 saturated heterocycles. The van der Waals surface area contributed by atoms with E-state index in [0.29, 0.717) is 0 Å². The van der Waals surface area contributed by atoms with Gasteiger partial charge in [0, 0.05) is 0 Å². The Hall–Kier alpha value is -2.33. The van der Waals surface area contributed by atoms with Gasteiger partial charge in [-0.3, -0.25) is 4.79 Å². The average molecular weight is 441 g/mol. The van der Waals surface area contributed by atoms with Crippen LogP contribution in [-0.2, 0) is 20.9 Å². The lowest BCUT2D eigenvalue weighted by Gasteiger charge is -2.27. The molecule has 0 saturated carbocycles. The minimum Gasteiger partial charge on any atom is -0.494 e. The molecule has 176 valence electrons. The van der Waals surface area contributed by atoms with Crippen molar-refractivity contribution in [1.29, 1.82) is 0 Å². The Balaban J connectivity index is 1.87. The van der Waals surface area contributed by atoms with Crippen molar-refractivity contribution in [3.63, 3.8) is 0 Å². The van der Waals surface area contributed by atoms with Crippen LogP contribution in [0, 0.1) is 0 Å². The van der Waals surface area contributed by atoms with Crippen LogP contribution in [0.3, 0.4) is 0 Å². The second-order valence-electron chi connectivity index (χ2n) is 9.25. The number of ether oxygens (including phenoxy) is 3. The summed E-state index contributed by atoms with van der Waals surface area (Å²) in [5, 5.41) is 0. The molecule has 2 rings (SSSR count). The van der Waals surface area contributed by atoms with Crippen LogP contribution in [0.4, 0.5) is 0 Å². The van der Waals surface area contributed by atoms with Crippen molar-refractivity contribution in [2.45, 2.75) is 91.0 Å². The van der Waals surface area contributed by atoms with Crippen molar-refractivity contribution in [3.8, 4) is 5.75 Å². The molecule has 0 amide bonds. The quantitative estimate of drug-likeness (QED) is 0.226. The van der Waals surface area contributed by atoms with Crippen LogP contribution < -0.4 is 4.74 Å². The second kappa shape index (κ2) is 13.9. The van der Waals surface area contributed by atoms with Crippen molar-refractivity contribution in [2.24, 2.45) is 0 Å². The molecule has 0 aliphatic carbocycles. The summed E-state index contributed by atoms with van der Waals surface area (Å²) >= 11 is 0. The Bertz CT molecular complexity index is 762. The third-order valence-electron chi connectivity index (χ3n) is 5.11. The highest BCUT2D eigenvalue weighted by atomic mass is 16.5. The predicted molar refractivity (Wildman–Crippen MR) is 130 cm³/mol. The number of unbranched alkanes of at least 4 members (excludes halogenated alkanes) is 5. The molecular formula is C28H40O4. The molecule has 0 bridgehead atoms. The molecule has 0 heterocycles. The van der Waals surface area contributed by atoms with E-state index in [4.69, 9.17) is 14.2 Å². The van der Waals surface area contributed by atoms with Gasteiger partial charge in [0.15, 0.2) is 0 Å². The van der Waals surface area contributed by atoms with Gasteiger partial charge in [-0.1, -0.05) is 81.5 Å². The third-order valence-corrected chi connectivity index (χ3v) is 5.11. The fraction of sp³-hybridized carbons (Fsp3) is 0.536. The molecule has 0 radical (unpaired) electrons. The van der Waals surface area contributed by atoms with Crippen molar-refractivity contribution in [2.75, 3.05) is 6.61 Å². The number of carbonyl (C=O) groups is 1. The number of carbonyl (C=O) groups excluding carboxylic acids is 1. The minimum atomic E-state index is -0.378. The molecule has 0 aliphatic heterocycles. The number of benzene rings is 2. The second-order valence-corrected chi connectivity index (χ2v) is 9.25. The highest BCUT2D eigenvalue weighted by Crippen LogP contribution is 2.29. The van der Waals surface area contributed by atoms with E-state index in [2.05, 4.69) is 6.92 Å². The Morgan fingerprint density at radius 2 is 1.53 bits per heavy atom. The zero-order chi connectivity index (χ0) is 23.2. The molecule has 32 heavy (non-hydrogen) atoms. The van der Waals surface area contributed by atoms with E-state index >= 15 is 0 Å². The summed E-state index contributed by atoms with van der Waals surface area (Å²) in [6, 6.07) is 17.6. The lowest BCUT2D eigenvalue weighted by atomic mass is 10.0. The van der Waals surface area contributed by atoms with E-state index in [1.54, 1.807) is 0 Å². The average Bonchev–Trinajstić information content (AvgIpc) is 2.77. The van der Waals surface area contributed by atoms with Crippen LogP contribution in [0.15, 0.2) is 54.6 Å². The smallest absolute Gasteiger partial charge is 0.309 e. The number of hydrogen-bond acceptors (Lipinski definition) is 4. The van der Waals surface area contributed by atoms with E-state index in [-0.39, 0.29) is 30.7 Å². The molecule has 0 fully saturated rings. The maximum absolute atomic E-state index is 12.5. The van der Waals surface area contributed by atoms with Gasteiger partial charge in [-0.25, -0.2) is 0 Å². The van der Waals surface area contributed by atoms with E-state index in [9.17, 15) is 4.79 Å². The van der Waals surface area contributed by atoms with Crippen LogP contribution in [0.1, 0.15) is 89.9 Å². The third kappa shape index (κ3) is 10.8. The predicted octanol–water partition coefficient (Wildman–Crippen LogP) is 7.42. The van der Waals surface area contributed by atoms with Crippen molar-refractivity contribution >= 4 is 5.97 Å². The number of rotatable bonds is 14. The molecule has 1 unspecified atom stereocenters. The van der Waals surface area contributed by atoms with E-state index in [0.717, 1.165) is 29.9 Å². The normalized spacial score (nSPS) is 12.4. The summed E-state index contributed by atoms with van der Waals surface area (Å²) in [6.07, 6.45) is 7.27. The first-order chi connectivity index (χ1) is 15.4. The molecule has 4 nitrogen and oxygen atoms in total. The molecule has 1 atom stereocenters. The van der Waals surface area contributed by atoms with E-state index < -0.39 is 0 Å². The molecule has 0 spiro atoms. The minimum absolute atomic E-state index is 0.169. The van der Waals surface area contributed by atoms with Gasteiger partial charge in [0.2, 0.25) is 0 Å². The highest BCUT2D eigenvalue weighted by molar-refractivity contribution is 5.70. The van der Waals surface area contributed by atoms with Gasteiger partial charge >= 0.3 is 5.97 Å². The van der Waals surface area contributed by atoms with Crippen molar-refractivity contribution in [3.05, 3.63) is 65.7 Å². The molecule has 2 aromatic rings. The van der Waals surface area contributed by atoms with E-state index in [1.165, 1.54) is 32.1 Å². The molecular weight excluding hydrogens is 400 g/mol. The van der Waals surface area contributed by atoms with Gasteiger partial charge in [-0.2, -0.15) is 0 Å². The molecule has 0 N–H and O–H groups in total. The summed E-state index contributed by atoms with van der Waals surface area (Å²) in [5.74, 6) is 0.579.